The van der Waals surface area contributed by atoms with Gasteiger partial charge in [0.15, 0.2) is 0 Å². The van der Waals surface area contributed by atoms with Gasteiger partial charge in [-0.1, -0.05) is 18.2 Å². The van der Waals surface area contributed by atoms with Crippen molar-refractivity contribution in [3.8, 4) is 0 Å². The number of rotatable bonds is 0. The van der Waals surface area contributed by atoms with Gasteiger partial charge < -0.3 is 0 Å². The van der Waals surface area contributed by atoms with Crippen LogP contribution in [-0.4, -0.2) is 0 Å². The highest BCUT2D eigenvalue weighted by atomic mass is 19.4. The Bertz CT molecular complexity index is 526. The molecule has 0 amide bonds. The van der Waals surface area contributed by atoms with E-state index in [9.17, 15) is 26.3 Å². The van der Waals surface area contributed by atoms with Crippen LogP contribution in [0.25, 0.3) is 10.8 Å². The summed E-state index contributed by atoms with van der Waals surface area (Å²) in [5.74, 6) is 0. The van der Waals surface area contributed by atoms with Crippen LogP contribution in [-0.2, 0) is 12.4 Å². The van der Waals surface area contributed by atoms with Crippen LogP contribution in [0, 0.1) is 6.07 Å². The molecule has 95 valence electrons. The van der Waals surface area contributed by atoms with Crippen molar-refractivity contribution in [1.29, 1.82) is 0 Å². The Balaban J connectivity index is 2.82. The molecule has 0 saturated carbocycles. The number of alkyl halides is 6. The Morgan fingerprint density at radius 3 is 1.94 bits per heavy atom. The summed E-state index contributed by atoms with van der Waals surface area (Å²) in [4.78, 5) is 0. The molecule has 0 aliphatic carbocycles. The molecule has 0 spiro atoms. The molecule has 0 nitrogen and oxygen atoms in total. The summed E-state index contributed by atoms with van der Waals surface area (Å²) >= 11 is 0. The van der Waals surface area contributed by atoms with Crippen LogP contribution in [0.4, 0.5) is 26.3 Å². The first-order valence-electron chi connectivity index (χ1n) is 4.79. The maximum atomic E-state index is 12.7. The first kappa shape index (κ1) is 12.7. The predicted octanol–water partition coefficient (Wildman–Crippen LogP) is 4.68. The fourth-order valence-corrected chi connectivity index (χ4v) is 1.71. The maximum Gasteiger partial charge on any atom is 0.417 e. The lowest BCUT2D eigenvalue weighted by molar-refractivity contribution is -0.138. The van der Waals surface area contributed by atoms with Crippen LogP contribution in [0.5, 0.6) is 0 Å². The lowest BCUT2D eigenvalue weighted by Crippen LogP contribution is -2.09. The summed E-state index contributed by atoms with van der Waals surface area (Å²) in [5, 5.41) is -1.07. The lowest BCUT2D eigenvalue weighted by Gasteiger charge is -2.14. The van der Waals surface area contributed by atoms with Gasteiger partial charge in [0.05, 0.1) is 11.1 Å². The van der Waals surface area contributed by atoms with Gasteiger partial charge in [0.1, 0.15) is 0 Å². The Hall–Kier alpha value is -1.72. The normalized spacial score (nSPS) is 13.0. The second-order valence-electron chi connectivity index (χ2n) is 3.61. The van der Waals surface area contributed by atoms with Gasteiger partial charge in [0.25, 0.3) is 0 Å². The fourth-order valence-electron chi connectivity index (χ4n) is 1.71. The topological polar surface area (TPSA) is 0 Å². The van der Waals surface area contributed by atoms with Crippen molar-refractivity contribution < 1.29 is 26.3 Å². The first-order chi connectivity index (χ1) is 8.21. The van der Waals surface area contributed by atoms with E-state index >= 15 is 0 Å². The molecule has 2 aromatic carbocycles. The zero-order valence-electron chi connectivity index (χ0n) is 8.65. The monoisotopic (exact) mass is 263 g/mol. The van der Waals surface area contributed by atoms with Crippen LogP contribution in [0.15, 0.2) is 30.3 Å². The molecule has 1 radical (unpaired) electrons. The van der Waals surface area contributed by atoms with Gasteiger partial charge in [0.2, 0.25) is 0 Å². The molecule has 0 aliphatic rings. The molecule has 2 rings (SSSR count). The Labute approximate surface area is 97.8 Å². The minimum absolute atomic E-state index is 0.500. The Morgan fingerprint density at radius 1 is 0.778 bits per heavy atom. The van der Waals surface area contributed by atoms with E-state index in [-0.39, 0.29) is 0 Å². The highest BCUT2D eigenvalue weighted by molar-refractivity contribution is 5.89. The second-order valence-corrected chi connectivity index (χ2v) is 3.61. The van der Waals surface area contributed by atoms with Crippen molar-refractivity contribution in [1.82, 2.24) is 0 Å². The number of halogens is 6. The van der Waals surface area contributed by atoms with E-state index in [1.54, 1.807) is 0 Å². The van der Waals surface area contributed by atoms with Crippen LogP contribution < -0.4 is 0 Å². The number of hydrogen-bond acceptors (Lipinski definition) is 0. The summed E-state index contributed by atoms with van der Waals surface area (Å²) in [7, 11) is 0. The quantitative estimate of drug-likeness (QED) is 0.605. The van der Waals surface area contributed by atoms with Crippen LogP contribution in [0.3, 0.4) is 0 Å². The minimum Gasteiger partial charge on any atom is -0.166 e. The number of hydrogen-bond donors (Lipinski definition) is 0. The van der Waals surface area contributed by atoms with E-state index in [4.69, 9.17) is 0 Å². The highest BCUT2D eigenvalue weighted by Gasteiger charge is 2.36. The standard InChI is InChI=1S/C12H5F6/c13-11(14,15)9-5-1-3-7-8(9)4-2-6-10(7)12(16,17)18/h1-3,5-6H. The zero-order chi connectivity index (χ0) is 13.6. The molecule has 18 heavy (non-hydrogen) atoms. The minimum atomic E-state index is -4.71. The van der Waals surface area contributed by atoms with Crippen molar-refractivity contribution in [3.63, 3.8) is 0 Å². The van der Waals surface area contributed by atoms with Gasteiger partial charge in [-0.3, -0.25) is 0 Å². The van der Waals surface area contributed by atoms with E-state index in [2.05, 4.69) is 6.07 Å². The molecule has 0 aliphatic heterocycles. The second kappa shape index (κ2) is 3.90. The largest absolute Gasteiger partial charge is 0.417 e. The average Bonchev–Trinajstić information content (AvgIpc) is 2.24. The van der Waals surface area contributed by atoms with Crippen molar-refractivity contribution in [3.05, 3.63) is 47.5 Å². The van der Waals surface area contributed by atoms with E-state index in [0.717, 1.165) is 24.3 Å². The third-order valence-corrected chi connectivity index (χ3v) is 2.44. The molecular weight excluding hydrogens is 258 g/mol. The molecule has 0 fully saturated rings. The van der Waals surface area contributed by atoms with Crippen molar-refractivity contribution in [2.75, 3.05) is 0 Å². The SMILES string of the molecule is FC(F)(F)c1cccc2c(C(F)(F)F)cc[c]c12. The molecule has 0 aromatic heterocycles. The number of fused-ring (bicyclic) bond motifs is 1. The average molecular weight is 263 g/mol. The molecule has 0 N–H and O–H groups in total. The molecule has 0 unspecified atom stereocenters. The van der Waals surface area contributed by atoms with Crippen LogP contribution in [0.1, 0.15) is 11.1 Å². The molecule has 2 aromatic rings. The van der Waals surface area contributed by atoms with Gasteiger partial charge in [-0.05, 0) is 23.6 Å². The smallest absolute Gasteiger partial charge is 0.166 e. The van der Waals surface area contributed by atoms with Crippen LogP contribution in [0.2, 0.25) is 0 Å². The third kappa shape index (κ3) is 2.14. The lowest BCUT2D eigenvalue weighted by atomic mass is 9.99. The predicted molar refractivity (Wildman–Crippen MR) is 52.8 cm³/mol. The molecule has 0 saturated heterocycles. The summed E-state index contributed by atoms with van der Waals surface area (Å²) < 4.78 is 75.9. The summed E-state index contributed by atoms with van der Waals surface area (Å²) in [6.45, 7) is 0. The van der Waals surface area contributed by atoms with Crippen molar-refractivity contribution >= 4 is 10.8 Å². The highest BCUT2D eigenvalue weighted by Crippen LogP contribution is 2.39. The fraction of sp³-hybridized carbons (Fsp3) is 0.167. The van der Waals surface area contributed by atoms with Gasteiger partial charge in [0, 0.05) is 5.39 Å². The van der Waals surface area contributed by atoms with Gasteiger partial charge in [-0.25, -0.2) is 0 Å². The Morgan fingerprint density at radius 2 is 1.39 bits per heavy atom. The molecular formula is C12H5F6. The molecule has 6 heteroatoms. The van der Waals surface area contributed by atoms with Gasteiger partial charge in [-0.2, -0.15) is 26.3 Å². The van der Waals surface area contributed by atoms with E-state index in [0.29, 0.717) is 6.07 Å². The zero-order valence-corrected chi connectivity index (χ0v) is 8.65. The number of benzene rings is 2. The van der Waals surface area contributed by atoms with Gasteiger partial charge >= 0.3 is 12.4 Å². The summed E-state index contributed by atoms with van der Waals surface area (Å²) in [5.41, 5.74) is -2.21. The first-order valence-corrected chi connectivity index (χ1v) is 4.79. The van der Waals surface area contributed by atoms with Crippen molar-refractivity contribution in [2.45, 2.75) is 12.4 Å². The molecule has 0 bridgehead atoms. The van der Waals surface area contributed by atoms with E-state index in [1.807, 2.05) is 0 Å². The summed E-state index contributed by atoms with van der Waals surface area (Å²) in [6, 6.07) is 6.47. The van der Waals surface area contributed by atoms with Crippen molar-refractivity contribution in [2.24, 2.45) is 0 Å². The Kier molecular flexibility index (Phi) is 2.76. The van der Waals surface area contributed by atoms with Crippen LogP contribution >= 0.6 is 0 Å². The molecule has 0 heterocycles. The van der Waals surface area contributed by atoms with E-state index in [1.165, 1.54) is 0 Å². The van der Waals surface area contributed by atoms with E-state index < -0.39 is 34.3 Å². The third-order valence-electron chi connectivity index (χ3n) is 2.44. The summed E-state index contributed by atoms with van der Waals surface area (Å²) in [6.07, 6.45) is -9.40. The molecule has 0 atom stereocenters. The van der Waals surface area contributed by atoms with Gasteiger partial charge in [-0.15, -0.1) is 0 Å². The maximum absolute atomic E-state index is 12.7.